The molecule has 1 aromatic carbocycles. The number of rotatable bonds is 6. The lowest BCUT2D eigenvalue weighted by Crippen LogP contribution is -2.44. The minimum atomic E-state index is -0.252. The number of halogens is 1. The Kier molecular flexibility index (Phi) is 5.63. The molecule has 0 radical (unpaired) electrons. The van der Waals surface area contributed by atoms with E-state index < -0.39 is 0 Å². The van der Waals surface area contributed by atoms with Gasteiger partial charge in [-0.25, -0.2) is 4.39 Å². The summed E-state index contributed by atoms with van der Waals surface area (Å²) in [4.78, 5) is 14.5. The van der Waals surface area contributed by atoms with Gasteiger partial charge in [0.15, 0.2) is 0 Å². The minimum Gasteiger partial charge on any atom is -0.373 e. The highest BCUT2D eigenvalue weighted by Gasteiger charge is 2.46. The van der Waals surface area contributed by atoms with Crippen LogP contribution in [-0.2, 0) is 20.7 Å². The van der Waals surface area contributed by atoms with Gasteiger partial charge in [-0.15, -0.1) is 6.58 Å². The lowest BCUT2D eigenvalue weighted by molar-refractivity contribution is -0.134. The van der Waals surface area contributed by atoms with Crippen molar-refractivity contribution in [3.05, 3.63) is 48.3 Å². The van der Waals surface area contributed by atoms with Gasteiger partial charge in [-0.1, -0.05) is 24.3 Å². The maximum Gasteiger partial charge on any atom is 0.223 e. The number of carbonyl (C=O) groups excluding carboxylic acids is 1. The molecule has 5 heteroatoms. The third kappa shape index (κ3) is 3.68. The second kappa shape index (κ2) is 7.90. The van der Waals surface area contributed by atoms with Gasteiger partial charge in [0, 0.05) is 19.6 Å². The Morgan fingerprint density at radius 2 is 2.29 bits per heavy atom. The van der Waals surface area contributed by atoms with Crippen LogP contribution in [0.4, 0.5) is 4.39 Å². The Balaban J connectivity index is 1.63. The van der Waals surface area contributed by atoms with Gasteiger partial charge in [0.2, 0.25) is 5.91 Å². The van der Waals surface area contributed by atoms with Gasteiger partial charge in [-0.05, 0) is 30.9 Å². The van der Waals surface area contributed by atoms with E-state index in [2.05, 4.69) is 6.58 Å². The smallest absolute Gasteiger partial charge is 0.223 e. The van der Waals surface area contributed by atoms with Crippen molar-refractivity contribution in [2.24, 2.45) is 0 Å². The van der Waals surface area contributed by atoms with Crippen molar-refractivity contribution >= 4 is 5.91 Å². The fraction of sp³-hybridized carbons (Fsp3) is 0.526. The van der Waals surface area contributed by atoms with Crippen LogP contribution in [0.15, 0.2) is 36.9 Å². The molecule has 24 heavy (non-hydrogen) atoms. The highest BCUT2D eigenvalue weighted by Crippen LogP contribution is 2.31. The Bertz CT molecular complexity index is 592. The van der Waals surface area contributed by atoms with E-state index >= 15 is 0 Å². The zero-order valence-corrected chi connectivity index (χ0v) is 13.8. The van der Waals surface area contributed by atoms with E-state index in [1.807, 2.05) is 4.90 Å². The van der Waals surface area contributed by atoms with E-state index in [0.717, 1.165) is 12.8 Å². The lowest BCUT2D eigenvalue weighted by Gasteiger charge is -2.32. The molecule has 3 atom stereocenters. The summed E-state index contributed by atoms with van der Waals surface area (Å²) >= 11 is 0. The number of nitrogens with zero attached hydrogens (tertiary/aromatic N) is 1. The molecule has 0 aliphatic carbocycles. The van der Waals surface area contributed by atoms with Crippen LogP contribution in [0.5, 0.6) is 0 Å². The van der Waals surface area contributed by atoms with E-state index in [-0.39, 0.29) is 30.0 Å². The number of ether oxygens (including phenoxy) is 2. The second-order valence-corrected chi connectivity index (χ2v) is 6.34. The molecule has 2 aliphatic heterocycles. The first kappa shape index (κ1) is 17.1. The molecular formula is C19H24FNO3. The number of aryl methyl sites for hydroxylation is 1. The van der Waals surface area contributed by atoms with E-state index in [1.165, 1.54) is 6.07 Å². The van der Waals surface area contributed by atoms with E-state index in [0.29, 0.717) is 38.2 Å². The number of benzene rings is 1. The molecule has 0 spiro atoms. The van der Waals surface area contributed by atoms with Crippen molar-refractivity contribution in [2.45, 2.75) is 43.9 Å². The van der Waals surface area contributed by atoms with Gasteiger partial charge in [-0.2, -0.15) is 0 Å². The van der Waals surface area contributed by atoms with Crippen LogP contribution in [0, 0.1) is 5.82 Å². The summed E-state index contributed by atoms with van der Waals surface area (Å²) in [6.07, 6.45) is 4.15. The summed E-state index contributed by atoms with van der Waals surface area (Å²) in [6.45, 7) is 5.38. The Morgan fingerprint density at radius 3 is 3.08 bits per heavy atom. The van der Waals surface area contributed by atoms with Crippen LogP contribution in [0.1, 0.15) is 24.8 Å². The van der Waals surface area contributed by atoms with Crippen molar-refractivity contribution in [3.8, 4) is 0 Å². The van der Waals surface area contributed by atoms with Gasteiger partial charge in [0.05, 0.1) is 12.6 Å². The monoisotopic (exact) mass is 333 g/mol. The van der Waals surface area contributed by atoms with Crippen molar-refractivity contribution in [1.82, 2.24) is 4.90 Å². The van der Waals surface area contributed by atoms with Crippen molar-refractivity contribution in [1.29, 1.82) is 0 Å². The fourth-order valence-corrected chi connectivity index (χ4v) is 3.62. The molecule has 0 bridgehead atoms. The van der Waals surface area contributed by atoms with Gasteiger partial charge in [0.1, 0.15) is 18.0 Å². The zero-order valence-electron chi connectivity index (χ0n) is 13.8. The topological polar surface area (TPSA) is 38.8 Å². The van der Waals surface area contributed by atoms with Gasteiger partial charge in [0.25, 0.3) is 0 Å². The van der Waals surface area contributed by atoms with E-state index in [4.69, 9.17) is 9.47 Å². The molecule has 0 aromatic heterocycles. The van der Waals surface area contributed by atoms with Crippen molar-refractivity contribution in [3.63, 3.8) is 0 Å². The van der Waals surface area contributed by atoms with E-state index in [9.17, 15) is 9.18 Å². The van der Waals surface area contributed by atoms with Gasteiger partial charge < -0.3 is 14.4 Å². The molecule has 3 rings (SSSR count). The minimum absolute atomic E-state index is 0.0449. The highest BCUT2D eigenvalue weighted by molar-refractivity contribution is 5.77. The maximum absolute atomic E-state index is 13.7. The van der Waals surface area contributed by atoms with Crippen LogP contribution < -0.4 is 0 Å². The van der Waals surface area contributed by atoms with Crippen molar-refractivity contribution < 1.29 is 18.7 Å². The summed E-state index contributed by atoms with van der Waals surface area (Å²) in [5.41, 5.74) is 0.584. The molecule has 0 saturated carbocycles. The highest BCUT2D eigenvalue weighted by atomic mass is 19.1. The van der Waals surface area contributed by atoms with Gasteiger partial charge in [-0.3, -0.25) is 4.79 Å². The molecule has 1 amide bonds. The third-order valence-electron chi connectivity index (χ3n) is 4.79. The molecule has 1 aromatic rings. The summed E-state index contributed by atoms with van der Waals surface area (Å²) in [5.74, 6) is -0.207. The van der Waals surface area contributed by atoms with Crippen LogP contribution in [-0.4, -0.2) is 48.8 Å². The standard InChI is InChI=1S/C19H24FNO3/c1-2-11-23-17-13-21(16-8-5-12-24-19(16)17)18(22)10-9-14-6-3-4-7-15(14)20/h2-4,6-7,16-17,19H,1,5,8-13H2/t16-,17+,19+/m1/s1. The summed E-state index contributed by atoms with van der Waals surface area (Å²) in [6, 6.07) is 6.69. The lowest BCUT2D eigenvalue weighted by atomic mass is 10.0. The number of hydrogen-bond donors (Lipinski definition) is 0. The number of fused-ring (bicyclic) bond motifs is 1. The molecule has 4 nitrogen and oxygen atoms in total. The van der Waals surface area contributed by atoms with Crippen LogP contribution in [0.3, 0.4) is 0 Å². The summed E-state index contributed by atoms with van der Waals surface area (Å²) in [5, 5.41) is 0. The molecular weight excluding hydrogens is 309 g/mol. The average Bonchev–Trinajstić information content (AvgIpc) is 2.98. The molecule has 2 heterocycles. The first-order valence-corrected chi connectivity index (χ1v) is 8.57. The predicted octanol–water partition coefficient (Wildman–Crippen LogP) is 2.72. The van der Waals surface area contributed by atoms with Crippen LogP contribution in [0.25, 0.3) is 0 Å². The number of hydrogen-bond acceptors (Lipinski definition) is 3. The molecule has 0 N–H and O–H groups in total. The predicted molar refractivity (Wildman–Crippen MR) is 89.1 cm³/mol. The third-order valence-corrected chi connectivity index (χ3v) is 4.79. The first-order valence-electron chi connectivity index (χ1n) is 8.57. The van der Waals surface area contributed by atoms with Gasteiger partial charge >= 0.3 is 0 Å². The summed E-state index contributed by atoms with van der Waals surface area (Å²) < 4.78 is 25.4. The number of amides is 1. The fourth-order valence-electron chi connectivity index (χ4n) is 3.62. The molecule has 2 aliphatic rings. The average molecular weight is 333 g/mol. The Hall–Kier alpha value is -1.72. The first-order chi connectivity index (χ1) is 11.7. The number of carbonyl (C=O) groups is 1. The normalized spacial score (nSPS) is 26.2. The Morgan fingerprint density at radius 1 is 1.46 bits per heavy atom. The molecule has 2 fully saturated rings. The number of likely N-dealkylation sites (tertiary alicyclic amines) is 1. The maximum atomic E-state index is 13.7. The zero-order chi connectivity index (χ0) is 16.9. The second-order valence-electron chi connectivity index (χ2n) is 6.34. The van der Waals surface area contributed by atoms with Crippen molar-refractivity contribution in [2.75, 3.05) is 19.8 Å². The van der Waals surface area contributed by atoms with Crippen LogP contribution in [0.2, 0.25) is 0 Å². The molecule has 2 saturated heterocycles. The Labute approximate surface area is 142 Å². The molecule has 130 valence electrons. The SMILES string of the molecule is C=CCO[C@H]1CN(C(=O)CCc2ccccc2F)[C@@H]2CCCO[C@H]12. The quantitative estimate of drug-likeness (QED) is 0.752. The summed E-state index contributed by atoms with van der Waals surface area (Å²) in [7, 11) is 0. The van der Waals surface area contributed by atoms with E-state index in [1.54, 1.807) is 24.3 Å². The molecule has 0 unspecified atom stereocenters. The van der Waals surface area contributed by atoms with Crippen LogP contribution >= 0.6 is 0 Å². The largest absolute Gasteiger partial charge is 0.373 e.